The largest absolute Gasteiger partial charge is 0.412 e. The lowest BCUT2D eigenvalue weighted by molar-refractivity contribution is -0.173. The molecule has 0 heterocycles. The van der Waals surface area contributed by atoms with E-state index in [1.54, 1.807) is 0 Å². The highest BCUT2D eigenvalue weighted by Gasteiger charge is 2.46. The molecule has 0 amide bonds. The van der Waals surface area contributed by atoms with Crippen LogP contribution in [-0.4, -0.2) is 23.6 Å². The van der Waals surface area contributed by atoms with Crippen LogP contribution in [0.15, 0.2) is 11.6 Å². The number of aliphatic hydroxyl groups excluding tert-OH is 1. The fourth-order valence-electron chi connectivity index (χ4n) is 1.45. The molecular weight excluding hydrogens is 226 g/mol. The zero-order valence-electron chi connectivity index (χ0n) is 7.36. The summed E-state index contributed by atoms with van der Waals surface area (Å²) in [6.07, 6.45) is -12.4. The van der Waals surface area contributed by atoms with Crippen molar-refractivity contribution in [2.24, 2.45) is 5.92 Å². The molecule has 0 spiro atoms. The maximum absolute atomic E-state index is 12.2. The summed E-state index contributed by atoms with van der Waals surface area (Å²) in [6, 6.07) is 0. The van der Waals surface area contributed by atoms with Gasteiger partial charge < -0.3 is 5.11 Å². The van der Waals surface area contributed by atoms with Gasteiger partial charge in [-0.15, -0.1) is 0 Å². The highest BCUT2D eigenvalue weighted by atomic mass is 19.4. The van der Waals surface area contributed by atoms with Crippen molar-refractivity contribution in [3.05, 3.63) is 11.6 Å². The zero-order valence-corrected chi connectivity index (χ0v) is 7.36. The molecule has 0 aliphatic heterocycles. The summed E-state index contributed by atoms with van der Waals surface area (Å²) in [5.74, 6) is -2.21. The Hall–Kier alpha value is -0.720. The molecule has 2 atom stereocenters. The van der Waals surface area contributed by atoms with E-state index >= 15 is 0 Å². The standard InChI is InChI=1S/C8H8F6O/c9-7(10,11)4-1-5(8(12,13)14)3-6(15)2-4/h1,4,6,15H,2-3H2. The summed E-state index contributed by atoms with van der Waals surface area (Å²) >= 11 is 0. The first-order chi connectivity index (χ1) is 6.60. The number of hydrogen-bond acceptors (Lipinski definition) is 1. The molecule has 1 aliphatic carbocycles. The molecule has 0 aromatic rings. The minimum Gasteiger partial charge on any atom is -0.393 e. The lowest BCUT2D eigenvalue weighted by Crippen LogP contribution is -2.32. The van der Waals surface area contributed by atoms with E-state index in [4.69, 9.17) is 5.11 Å². The Labute approximate surface area is 81.4 Å². The van der Waals surface area contributed by atoms with Crippen LogP contribution in [0.5, 0.6) is 0 Å². The maximum Gasteiger partial charge on any atom is 0.412 e. The molecule has 0 bridgehead atoms. The molecule has 88 valence electrons. The monoisotopic (exact) mass is 234 g/mol. The van der Waals surface area contributed by atoms with Gasteiger partial charge >= 0.3 is 12.4 Å². The quantitative estimate of drug-likeness (QED) is 0.504. The van der Waals surface area contributed by atoms with E-state index in [1.165, 1.54) is 0 Å². The predicted molar refractivity (Wildman–Crippen MR) is 38.9 cm³/mol. The molecule has 7 heteroatoms. The summed E-state index contributed by atoms with van der Waals surface area (Å²) in [5.41, 5.74) is -1.30. The van der Waals surface area contributed by atoms with Gasteiger partial charge in [0.2, 0.25) is 0 Å². The van der Waals surface area contributed by atoms with Crippen LogP contribution in [0.1, 0.15) is 12.8 Å². The minimum absolute atomic E-state index is 0.159. The van der Waals surface area contributed by atoms with Crippen molar-refractivity contribution in [3.63, 3.8) is 0 Å². The molecule has 0 aromatic carbocycles. The Morgan fingerprint density at radius 2 is 1.67 bits per heavy atom. The SMILES string of the molecule is OC1CC(C(F)(F)F)=CC(C(F)(F)F)C1. The van der Waals surface area contributed by atoms with Crippen LogP contribution in [0.3, 0.4) is 0 Å². The van der Waals surface area contributed by atoms with Crippen LogP contribution in [0.4, 0.5) is 26.3 Å². The van der Waals surface area contributed by atoms with Gasteiger partial charge in [-0.25, -0.2) is 0 Å². The number of hydrogen-bond donors (Lipinski definition) is 1. The van der Waals surface area contributed by atoms with Crippen LogP contribution in [0.2, 0.25) is 0 Å². The third kappa shape index (κ3) is 3.12. The van der Waals surface area contributed by atoms with Crippen molar-refractivity contribution in [1.29, 1.82) is 0 Å². The molecule has 0 radical (unpaired) electrons. The van der Waals surface area contributed by atoms with Crippen LogP contribution >= 0.6 is 0 Å². The fourth-order valence-corrected chi connectivity index (χ4v) is 1.45. The Kier molecular flexibility index (Phi) is 3.04. The van der Waals surface area contributed by atoms with Gasteiger partial charge in [0.25, 0.3) is 0 Å². The van der Waals surface area contributed by atoms with E-state index in [0.29, 0.717) is 0 Å². The van der Waals surface area contributed by atoms with Gasteiger partial charge in [-0.1, -0.05) is 6.08 Å². The number of rotatable bonds is 0. The fraction of sp³-hybridized carbons (Fsp3) is 0.750. The van der Waals surface area contributed by atoms with E-state index in [-0.39, 0.29) is 6.08 Å². The van der Waals surface area contributed by atoms with Gasteiger partial charge in [-0.2, -0.15) is 26.3 Å². The van der Waals surface area contributed by atoms with Crippen molar-refractivity contribution in [1.82, 2.24) is 0 Å². The first-order valence-electron chi connectivity index (χ1n) is 4.13. The van der Waals surface area contributed by atoms with Gasteiger partial charge in [0, 0.05) is 12.0 Å². The first kappa shape index (κ1) is 12.4. The molecule has 1 N–H and O–H groups in total. The summed E-state index contributed by atoms with van der Waals surface area (Å²) < 4.78 is 72.8. The van der Waals surface area contributed by atoms with Crippen molar-refractivity contribution in [2.75, 3.05) is 0 Å². The van der Waals surface area contributed by atoms with Crippen LogP contribution in [0.25, 0.3) is 0 Å². The van der Waals surface area contributed by atoms with Crippen LogP contribution < -0.4 is 0 Å². The van der Waals surface area contributed by atoms with Gasteiger partial charge in [0.05, 0.1) is 12.0 Å². The second kappa shape index (κ2) is 3.70. The van der Waals surface area contributed by atoms with E-state index in [9.17, 15) is 26.3 Å². The van der Waals surface area contributed by atoms with Gasteiger partial charge in [0.15, 0.2) is 0 Å². The van der Waals surface area contributed by atoms with Crippen LogP contribution in [0, 0.1) is 5.92 Å². The van der Waals surface area contributed by atoms with Gasteiger partial charge in [0.1, 0.15) is 0 Å². The molecule has 15 heavy (non-hydrogen) atoms. The number of allylic oxidation sites excluding steroid dienone is 1. The van der Waals surface area contributed by atoms with E-state index < -0.39 is 42.8 Å². The number of halogens is 6. The molecule has 1 aliphatic rings. The average Bonchev–Trinajstić information content (AvgIpc) is 1.99. The first-order valence-corrected chi connectivity index (χ1v) is 4.13. The second-order valence-electron chi connectivity index (χ2n) is 3.43. The molecule has 0 fully saturated rings. The number of aliphatic hydroxyl groups is 1. The van der Waals surface area contributed by atoms with E-state index in [2.05, 4.69) is 0 Å². The number of alkyl halides is 6. The third-order valence-corrected chi connectivity index (χ3v) is 2.17. The normalized spacial score (nSPS) is 28.9. The molecule has 0 saturated heterocycles. The van der Waals surface area contributed by atoms with E-state index in [0.717, 1.165) is 0 Å². The van der Waals surface area contributed by atoms with Crippen molar-refractivity contribution < 1.29 is 31.4 Å². The summed E-state index contributed by atoms with van der Waals surface area (Å²) in [7, 11) is 0. The maximum atomic E-state index is 12.2. The predicted octanol–water partition coefficient (Wildman–Crippen LogP) is 2.81. The molecule has 0 saturated carbocycles. The molecule has 1 rings (SSSR count). The molecule has 1 nitrogen and oxygen atoms in total. The average molecular weight is 234 g/mol. The smallest absolute Gasteiger partial charge is 0.393 e. The van der Waals surface area contributed by atoms with Crippen molar-refractivity contribution >= 4 is 0 Å². The Bertz CT molecular complexity index is 263. The Morgan fingerprint density at radius 1 is 1.13 bits per heavy atom. The summed E-state index contributed by atoms with van der Waals surface area (Å²) in [5, 5.41) is 8.94. The summed E-state index contributed by atoms with van der Waals surface area (Å²) in [4.78, 5) is 0. The van der Waals surface area contributed by atoms with Crippen LogP contribution in [-0.2, 0) is 0 Å². The summed E-state index contributed by atoms with van der Waals surface area (Å²) in [6.45, 7) is 0. The van der Waals surface area contributed by atoms with Crippen molar-refractivity contribution in [2.45, 2.75) is 31.3 Å². The topological polar surface area (TPSA) is 20.2 Å². The van der Waals surface area contributed by atoms with E-state index in [1.807, 2.05) is 0 Å². The minimum atomic E-state index is -4.80. The Balaban J connectivity index is 2.94. The molecule has 0 aromatic heterocycles. The highest BCUT2D eigenvalue weighted by molar-refractivity contribution is 5.16. The lowest BCUT2D eigenvalue weighted by atomic mass is 9.88. The molecular formula is C8H8F6O. The third-order valence-electron chi connectivity index (χ3n) is 2.17. The zero-order chi connectivity index (χ0) is 11.9. The van der Waals surface area contributed by atoms with Gasteiger partial charge in [-0.05, 0) is 6.42 Å². The van der Waals surface area contributed by atoms with Gasteiger partial charge in [-0.3, -0.25) is 0 Å². The molecule has 2 unspecified atom stereocenters. The second-order valence-corrected chi connectivity index (χ2v) is 3.43. The van der Waals surface area contributed by atoms with Crippen molar-refractivity contribution in [3.8, 4) is 0 Å². The lowest BCUT2D eigenvalue weighted by Gasteiger charge is -2.27. The Morgan fingerprint density at radius 3 is 2.07 bits per heavy atom. The highest BCUT2D eigenvalue weighted by Crippen LogP contribution is 2.40.